The van der Waals surface area contributed by atoms with E-state index in [2.05, 4.69) is 31.7 Å². The third kappa shape index (κ3) is 4.06. The molecular weight excluding hydrogens is 172 g/mol. The van der Waals surface area contributed by atoms with Gasteiger partial charge in [0.1, 0.15) is 0 Å². The van der Waals surface area contributed by atoms with Crippen molar-refractivity contribution in [2.24, 2.45) is 0 Å². The van der Waals surface area contributed by atoms with Crippen LogP contribution in [0, 0.1) is 0 Å². The first-order valence-corrected chi connectivity index (χ1v) is 4.74. The van der Waals surface area contributed by atoms with Gasteiger partial charge in [0.25, 0.3) is 0 Å². The monoisotopic (exact) mass is 188 g/mol. The van der Waals surface area contributed by atoms with Gasteiger partial charge in [0, 0.05) is 0 Å². The summed E-state index contributed by atoms with van der Waals surface area (Å²) in [5.41, 5.74) is 2.44. The van der Waals surface area contributed by atoms with Crippen molar-refractivity contribution in [2.45, 2.75) is 6.92 Å². The minimum absolute atomic E-state index is 0.611. The Morgan fingerprint density at radius 2 is 2.07 bits per heavy atom. The lowest BCUT2D eigenvalue weighted by molar-refractivity contribution is 0.188. The van der Waals surface area contributed by atoms with E-state index in [0.717, 1.165) is 0 Å². The molecule has 0 aliphatic rings. The van der Waals surface area contributed by atoms with Crippen LogP contribution in [0.4, 0.5) is 0 Å². The predicted octanol–water partition coefficient (Wildman–Crippen LogP) is 3.29. The van der Waals surface area contributed by atoms with Crippen LogP contribution in [-0.4, -0.2) is 13.2 Å². The molecule has 0 bridgehead atoms. The molecule has 0 radical (unpaired) electrons. The fraction of sp³-hybridized carbons (Fsp3) is 0.231. The molecule has 0 saturated heterocycles. The van der Waals surface area contributed by atoms with Gasteiger partial charge in [-0.05, 0) is 18.1 Å². The normalized spacial score (nSPS) is 11.4. The molecule has 0 heterocycles. The van der Waals surface area contributed by atoms with Crippen LogP contribution in [0.5, 0.6) is 0 Å². The first-order chi connectivity index (χ1) is 6.83. The Hall–Kier alpha value is -1.34. The van der Waals surface area contributed by atoms with E-state index in [1.807, 2.05) is 18.2 Å². The molecule has 1 heteroatoms. The molecule has 1 rings (SSSR count). The topological polar surface area (TPSA) is 9.23 Å². The zero-order valence-corrected chi connectivity index (χ0v) is 8.57. The number of rotatable bonds is 5. The van der Waals surface area contributed by atoms with Gasteiger partial charge in [-0.25, -0.2) is 0 Å². The van der Waals surface area contributed by atoms with Crippen LogP contribution in [0.2, 0.25) is 0 Å². The van der Waals surface area contributed by atoms with E-state index in [9.17, 15) is 0 Å². The average Bonchev–Trinajstić information content (AvgIpc) is 2.20. The van der Waals surface area contributed by atoms with Gasteiger partial charge in [-0.15, -0.1) is 6.58 Å². The van der Waals surface area contributed by atoms with E-state index in [4.69, 9.17) is 4.74 Å². The summed E-state index contributed by atoms with van der Waals surface area (Å²) < 4.78 is 5.33. The van der Waals surface area contributed by atoms with Crippen LogP contribution in [0.1, 0.15) is 12.5 Å². The Balaban J connectivity index is 2.47. The van der Waals surface area contributed by atoms with Crippen molar-refractivity contribution in [1.29, 1.82) is 0 Å². The van der Waals surface area contributed by atoms with E-state index in [1.54, 1.807) is 6.08 Å². The first kappa shape index (κ1) is 10.7. The van der Waals surface area contributed by atoms with Crippen LogP contribution in [-0.2, 0) is 4.74 Å². The largest absolute Gasteiger partial charge is 0.373 e. The summed E-state index contributed by atoms with van der Waals surface area (Å²) >= 11 is 0. The molecule has 0 fully saturated rings. The van der Waals surface area contributed by atoms with E-state index in [-0.39, 0.29) is 0 Å². The standard InChI is InChI=1S/C13H16O/c1-3-9-14-11-12(2)10-13-7-5-4-6-8-13/h3-8,10H,1,9,11H2,2H3/b12-10+. The van der Waals surface area contributed by atoms with E-state index in [1.165, 1.54) is 11.1 Å². The van der Waals surface area contributed by atoms with Crippen LogP contribution in [0.15, 0.2) is 48.6 Å². The number of hydrogen-bond donors (Lipinski definition) is 0. The summed E-state index contributed by atoms with van der Waals surface area (Å²) in [7, 11) is 0. The minimum Gasteiger partial charge on any atom is -0.373 e. The number of hydrogen-bond acceptors (Lipinski definition) is 1. The lowest BCUT2D eigenvalue weighted by Gasteiger charge is -2.01. The summed E-state index contributed by atoms with van der Waals surface area (Å²) in [6.45, 7) is 6.94. The summed E-state index contributed by atoms with van der Waals surface area (Å²) in [4.78, 5) is 0. The van der Waals surface area contributed by atoms with Gasteiger partial charge in [0.15, 0.2) is 0 Å². The van der Waals surface area contributed by atoms with Crippen LogP contribution in [0.3, 0.4) is 0 Å². The zero-order chi connectivity index (χ0) is 10.2. The summed E-state index contributed by atoms with van der Waals surface area (Å²) in [5, 5.41) is 0. The quantitative estimate of drug-likeness (QED) is 0.509. The third-order valence-corrected chi connectivity index (χ3v) is 1.78. The Kier molecular flexibility index (Phi) is 4.73. The highest BCUT2D eigenvalue weighted by atomic mass is 16.5. The smallest absolute Gasteiger partial charge is 0.0681 e. The van der Waals surface area contributed by atoms with E-state index in [0.29, 0.717) is 13.2 Å². The molecule has 14 heavy (non-hydrogen) atoms. The molecular formula is C13H16O. The highest BCUT2D eigenvalue weighted by molar-refractivity contribution is 5.52. The van der Waals surface area contributed by atoms with Crippen LogP contribution in [0.25, 0.3) is 6.08 Å². The molecule has 0 unspecified atom stereocenters. The van der Waals surface area contributed by atoms with Gasteiger partial charge >= 0.3 is 0 Å². The molecule has 0 amide bonds. The molecule has 0 atom stereocenters. The molecule has 0 aliphatic carbocycles. The van der Waals surface area contributed by atoms with E-state index < -0.39 is 0 Å². The van der Waals surface area contributed by atoms with Crippen molar-refractivity contribution >= 4 is 6.08 Å². The van der Waals surface area contributed by atoms with Gasteiger partial charge in [-0.2, -0.15) is 0 Å². The molecule has 0 aromatic heterocycles. The van der Waals surface area contributed by atoms with Crippen molar-refractivity contribution in [1.82, 2.24) is 0 Å². The highest BCUT2D eigenvalue weighted by Gasteiger charge is 1.90. The summed E-state index contributed by atoms with van der Waals surface area (Å²) in [6.07, 6.45) is 3.89. The second-order valence-corrected chi connectivity index (χ2v) is 3.21. The molecule has 1 aromatic carbocycles. The Bertz CT molecular complexity index is 298. The fourth-order valence-corrected chi connectivity index (χ4v) is 1.18. The van der Waals surface area contributed by atoms with Gasteiger partial charge in [-0.1, -0.05) is 42.5 Å². The third-order valence-electron chi connectivity index (χ3n) is 1.78. The molecule has 1 aromatic rings. The Labute approximate surface area is 85.7 Å². The molecule has 1 nitrogen and oxygen atoms in total. The number of benzene rings is 1. The van der Waals surface area contributed by atoms with Crippen molar-refractivity contribution in [2.75, 3.05) is 13.2 Å². The van der Waals surface area contributed by atoms with Crippen molar-refractivity contribution in [3.05, 3.63) is 54.1 Å². The molecule has 0 saturated carbocycles. The van der Waals surface area contributed by atoms with Gasteiger partial charge < -0.3 is 4.74 Å². The maximum atomic E-state index is 5.33. The van der Waals surface area contributed by atoms with Crippen molar-refractivity contribution in [3.63, 3.8) is 0 Å². The van der Waals surface area contributed by atoms with Gasteiger partial charge in [0.2, 0.25) is 0 Å². The first-order valence-electron chi connectivity index (χ1n) is 4.74. The van der Waals surface area contributed by atoms with Crippen LogP contribution < -0.4 is 0 Å². The number of ether oxygens (including phenoxy) is 1. The predicted molar refractivity (Wildman–Crippen MR) is 61.1 cm³/mol. The van der Waals surface area contributed by atoms with Crippen molar-refractivity contribution in [3.8, 4) is 0 Å². The SMILES string of the molecule is C=CCOC/C(C)=C/c1ccccc1. The van der Waals surface area contributed by atoms with Crippen LogP contribution >= 0.6 is 0 Å². The molecule has 74 valence electrons. The molecule has 0 spiro atoms. The minimum atomic E-state index is 0.611. The summed E-state index contributed by atoms with van der Waals surface area (Å²) in [6, 6.07) is 10.2. The second-order valence-electron chi connectivity index (χ2n) is 3.21. The van der Waals surface area contributed by atoms with E-state index >= 15 is 0 Å². The van der Waals surface area contributed by atoms with Gasteiger partial charge in [0.05, 0.1) is 13.2 Å². The molecule has 0 N–H and O–H groups in total. The van der Waals surface area contributed by atoms with Gasteiger partial charge in [-0.3, -0.25) is 0 Å². The maximum absolute atomic E-state index is 5.33. The molecule has 0 aliphatic heterocycles. The average molecular weight is 188 g/mol. The lowest BCUT2D eigenvalue weighted by atomic mass is 10.1. The Morgan fingerprint density at radius 3 is 2.71 bits per heavy atom. The second kappa shape index (κ2) is 6.17. The summed E-state index contributed by atoms with van der Waals surface area (Å²) in [5.74, 6) is 0. The Morgan fingerprint density at radius 1 is 1.36 bits per heavy atom. The fourth-order valence-electron chi connectivity index (χ4n) is 1.18. The van der Waals surface area contributed by atoms with Crippen molar-refractivity contribution < 1.29 is 4.74 Å². The maximum Gasteiger partial charge on any atom is 0.0681 e. The lowest BCUT2D eigenvalue weighted by Crippen LogP contribution is -1.94. The highest BCUT2D eigenvalue weighted by Crippen LogP contribution is 2.05. The zero-order valence-electron chi connectivity index (χ0n) is 8.57.